The van der Waals surface area contributed by atoms with Gasteiger partial charge in [0.1, 0.15) is 115 Å². The van der Waals surface area contributed by atoms with Crippen LogP contribution < -0.4 is 5.32 Å². The highest BCUT2D eigenvalue weighted by atomic mass is 31.2. The number of aliphatic hydroxyl groups excluding tert-OH is 5. The van der Waals surface area contributed by atoms with Gasteiger partial charge in [-0.1, -0.05) is 90.0 Å². The van der Waals surface area contributed by atoms with Gasteiger partial charge in [-0.3, -0.25) is 9.59 Å². The number of amides is 1. The van der Waals surface area contributed by atoms with Crippen molar-refractivity contribution in [3.8, 4) is 0 Å². The van der Waals surface area contributed by atoms with Crippen molar-refractivity contribution in [1.82, 2.24) is 5.32 Å². The van der Waals surface area contributed by atoms with Crippen molar-refractivity contribution >= 4 is 67.3 Å². The van der Waals surface area contributed by atoms with Crippen molar-refractivity contribution in [3.05, 3.63) is 11.4 Å². The van der Waals surface area contributed by atoms with Gasteiger partial charge in [0.15, 0.2) is 14.5 Å². The Labute approximate surface area is 628 Å². The van der Waals surface area contributed by atoms with Crippen molar-refractivity contribution in [1.29, 1.82) is 0 Å². The fourth-order valence-corrected chi connectivity index (χ4v) is 11.5. The lowest BCUT2D eigenvalue weighted by Crippen LogP contribution is -2.40. The molecular formula is C70H131B6N2O24P. The number of rotatable bonds is 34. The highest BCUT2D eigenvalue weighted by Gasteiger charge is 2.47. The van der Waals surface area contributed by atoms with E-state index in [4.69, 9.17) is 139 Å². The third-order valence-corrected chi connectivity index (χ3v) is 18.3. The van der Waals surface area contributed by atoms with Gasteiger partial charge in [0.2, 0.25) is 12.5 Å². The first kappa shape index (κ1) is 101. The fraction of sp³-hybridized carbons (Fsp3) is 0.957. The monoisotopic (exact) mass is 1480 g/mol. The molecule has 6 aliphatic rings. The number of hydrogen-bond acceptors (Lipinski definition) is 24. The second-order valence-corrected chi connectivity index (χ2v) is 28.7. The maximum absolute atomic E-state index is 11.9. The van der Waals surface area contributed by atoms with Crippen LogP contribution in [0, 0.1) is 24.3 Å². The first-order valence-electron chi connectivity index (χ1n) is 36.9. The molecule has 0 aromatic carbocycles. The minimum Gasteiger partial charge on any atom is -0.457 e. The van der Waals surface area contributed by atoms with E-state index >= 15 is 0 Å². The van der Waals surface area contributed by atoms with Crippen LogP contribution in [0.2, 0.25) is 0 Å². The molecule has 0 bridgehead atoms. The maximum atomic E-state index is 11.9. The third kappa shape index (κ3) is 38.3. The zero-order chi connectivity index (χ0) is 78.8. The first-order valence-corrected chi connectivity index (χ1v) is 38.5. The van der Waals surface area contributed by atoms with Crippen LogP contribution in [0.25, 0.3) is 4.85 Å². The minimum absolute atomic E-state index is 0.00919. The van der Waals surface area contributed by atoms with Gasteiger partial charge in [-0.2, -0.15) is 0 Å². The Morgan fingerprint density at radius 1 is 0.447 bits per heavy atom. The van der Waals surface area contributed by atoms with Gasteiger partial charge in [0.05, 0.1) is 80.7 Å². The van der Waals surface area contributed by atoms with Crippen LogP contribution in [-0.2, 0) is 89.7 Å². The predicted molar refractivity (Wildman–Crippen MR) is 400 cm³/mol. The highest BCUT2D eigenvalue weighted by molar-refractivity contribution is 7.46. The van der Waals surface area contributed by atoms with Gasteiger partial charge in [-0.05, 0) is 83.5 Å². The second kappa shape index (κ2) is 56.6. The van der Waals surface area contributed by atoms with Crippen LogP contribution >= 0.6 is 8.38 Å². The summed E-state index contributed by atoms with van der Waals surface area (Å²) >= 11 is 0. The summed E-state index contributed by atoms with van der Waals surface area (Å²) in [6.45, 7) is 43.9. The Kier molecular flexibility index (Phi) is 55.7. The van der Waals surface area contributed by atoms with Crippen LogP contribution in [0.1, 0.15) is 169 Å². The summed E-state index contributed by atoms with van der Waals surface area (Å²) in [6.07, 6.45) is -1.64. The molecule has 6 N–H and O–H groups in total. The number of aliphatic hydroxyl groups is 5. The number of nitrogens with one attached hydrogen (secondary N) is 1. The van der Waals surface area contributed by atoms with Crippen molar-refractivity contribution in [2.24, 2.45) is 17.8 Å². The largest absolute Gasteiger partial charge is 0.457 e. The van der Waals surface area contributed by atoms with Gasteiger partial charge in [-0.15, -0.1) is 0 Å². The van der Waals surface area contributed by atoms with Gasteiger partial charge in [0.25, 0.3) is 0 Å². The summed E-state index contributed by atoms with van der Waals surface area (Å²) in [7, 11) is 39.8. The molecule has 6 saturated heterocycles. The van der Waals surface area contributed by atoms with Crippen molar-refractivity contribution in [2.45, 2.75) is 333 Å². The maximum Gasteiger partial charge on any atom is 0.306 e. The molecular weight excluding hydrogens is 1350 g/mol. The molecule has 0 saturated carbocycles. The summed E-state index contributed by atoms with van der Waals surface area (Å²) < 4.78 is 92.6. The summed E-state index contributed by atoms with van der Waals surface area (Å²) in [6, 6.07) is -3.39. The lowest BCUT2D eigenvalue weighted by atomic mass is 9.92. The smallest absolute Gasteiger partial charge is 0.306 e. The molecule has 1 amide bonds. The Morgan fingerprint density at radius 3 is 1.06 bits per heavy atom. The number of hydrogen-bond donors (Lipinski definition) is 6. The van der Waals surface area contributed by atoms with Crippen LogP contribution in [0.15, 0.2) is 0 Å². The number of carbonyl (C=O) groups excluding carboxylic acids is 2. The van der Waals surface area contributed by atoms with Crippen LogP contribution in [0.4, 0.5) is 0 Å². The van der Waals surface area contributed by atoms with E-state index in [1.54, 1.807) is 21.3 Å². The zero-order valence-electron chi connectivity index (χ0n) is 66.0. The number of methoxy groups -OCH3 is 3. The summed E-state index contributed by atoms with van der Waals surface area (Å²) in [5.41, 5.74) is 0. The van der Waals surface area contributed by atoms with Crippen molar-refractivity contribution < 1.29 is 115 Å². The molecule has 26 nitrogen and oxygen atoms in total. The molecule has 0 aromatic rings. The van der Waals surface area contributed by atoms with Gasteiger partial charge in [0, 0.05) is 97.3 Å². The topological polar surface area (TPSA) is 309 Å². The summed E-state index contributed by atoms with van der Waals surface area (Å²) in [5, 5.41) is 50.2. The van der Waals surface area contributed by atoms with Crippen LogP contribution in [-0.4, -0.2) is 330 Å². The Bertz CT molecular complexity index is 2150. The normalized spacial score (nSPS) is 33.9. The molecule has 6 fully saturated rings. The molecule has 6 rings (SSSR count). The van der Waals surface area contributed by atoms with E-state index in [1.165, 1.54) is 7.05 Å². The molecule has 28 atom stereocenters. The Morgan fingerprint density at radius 2 is 0.767 bits per heavy atom. The van der Waals surface area contributed by atoms with E-state index in [0.29, 0.717) is 82.9 Å². The number of esters is 1. The standard InChI is InChI=1S/C15H26BNO5.C14H25BNO4P.2C10H19BO4.C10H19BO3.C6H11BO3.C5H12O/c1-5-10-13(22-12(19)7-6-11(18)17-4)14(15(16)21-10)20-8-9(2)3;1-6-11-12(20-21(5)18-8-7-16-4)13(14(15)19-11)17-9-10(2)3;2*1-4-7-8(12)9(10(11)15-7)14-5-6(2)13-3;1-4-7-8(12)9(10(11)14-7)13-5-6(2)3;1-2-3-4(8)5(9)6(7)10-3;1-4-5(2)6-3/h9-10,13-15H,5-8H2,1-4H3,(H,17,18);10-14H,6-9H2,1-3,5H3;2*6-10,12H,4-5H2,1-3H3;6-10,12H,4-5H2,1-3H3;3-6,8-9H,2H2,1H3;5H,4H2,1-3H3/t10-,13?,14+,15-;11-,12?,13+,14-,21?;2*6?,7-,8?,9+,10-;7-,8?,9+,10-;3-,4?,5+,6-;/m111111./s1. The third-order valence-electron chi connectivity index (χ3n) is 17.2. The Hall–Kier alpha value is -1.59. The van der Waals surface area contributed by atoms with E-state index in [-0.39, 0.29) is 85.9 Å². The lowest BCUT2D eigenvalue weighted by Gasteiger charge is -2.26. The Balaban J connectivity index is 0.00000121. The number of carbonyl (C=O) groups is 2. The molecule has 0 aromatic heterocycles. The second-order valence-electron chi connectivity index (χ2n) is 27.3. The molecule has 103 heavy (non-hydrogen) atoms. The van der Waals surface area contributed by atoms with E-state index in [1.807, 2.05) is 75.9 Å². The molecule has 10 unspecified atom stereocenters. The van der Waals surface area contributed by atoms with E-state index in [9.17, 15) is 30.0 Å². The predicted octanol–water partition coefficient (Wildman–Crippen LogP) is 4.64. The molecule has 0 aliphatic carbocycles. The van der Waals surface area contributed by atoms with Gasteiger partial charge >= 0.3 is 5.97 Å². The summed E-state index contributed by atoms with van der Waals surface area (Å²) in [4.78, 5) is 26.4. The molecule has 6 aliphatic heterocycles. The van der Waals surface area contributed by atoms with Crippen LogP contribution in [0.3, 0.4) is 0 Å². The van der Waals surface area contributed by atoms with E-state index < -0.39 is 105 Å². The fourth-order valence-electron chi connectivity index (χ4n) is 10.5. The number of ether oxygens (including phenoxy) is 15. The molecule has 12 radical (unpaired) electrons. The average molecular weight is 1480 g/mol. The molecule has 0 spiro atoms. The SMILES string of the molecule is CCC(C)OC.[B][C@@H]1O[C@H](CC)C(O)[C@@H]1O.[B][C@@H]1O[C@H](CC)C(O)[C@@H]1OCC(C)C.[B][C@@H]1O[C@H](CC)C(O)[C@@H]1OCC(C)OC.[B][C@@H]1O[C@H](CC)C(O)[C@@H]1OCC(C)OC.[B][C@@H]1O[C@H](CC)C(OC(=O)CCC(=O)NC)[C@@H]1OCC(C)C.[B][C@@H]1O[C@H](CC)C(OP(C)OCC[N+]#[C-])[C@@H]1OCC(C)C. The molecule has 588 valence electrons. The zero-order valence-corrected chi connectivity index (χ0v) is 66.9. The molecule has 33 heteroatoms. The van der Waals surface area contributed by atoms with E-state index in [2.05, 4.69) is 51.7 Å². The van der Waals surface area contributed by atoms with Crippen molar-refractivity contribution in [2.75, 3.05) is 81.2 Å². The molecule has 6 heterocycles. The van der Waals surface area contributed by atoms with Crippen molar-refractivity contribution in [3.63, 3.8) is 0 Å². The van der Waals surface area contributed by atoms with Gasteiger partial charge in [-0.25, -0.2) is 6.57 Å². The summed E-state index contributed by atoms with van der Waals surface area (Å²) in [5.74, 6) is 0.572. The quantitative estimate of drug-likeness (QED) is 0.0168. The average Bonchev–Trinajstić information content (AvgIpc) is 1.73. The lowest BCUT2D eigenvalue weighted by molar-refractivity contribution is -0.158. The number of nitrogens with zero attached hydrogens (tertiary/aromatic N) is 1. The van der Waals surface area contributed by atoms with Crippen LogP contribution in [0.5, 0.6) is 0 Å². The first-order chi connectivity index (χ1) is 48.6. The van der Waals surface area contributed by atoms with E-state index in [0.717, 1.165) is 32.1 Å². The minimum atomic E-state index is -1.07. The van der Waals surface area contributed by atoms with Gasteiger partial charge < -0.3 is 116 Å². The highest BCUT2D eigenvalue weighted by Crippen LogP contribution is 2.41.